The van der Waals surface area contributed by atoms with Crippen molar-refractivity contribution < 1.29 is 8.42 Å². The number of nitrogens with zero attached hydrogens (tertiary/aromatic N) is 2. The molecule has 1 aromatic rings. The summed E-state index contributed by atoms with van der Waals surface area (Å²) in [7, 11) is -1.49. The molecule has 0 radical (unpaired) electrons. The Morgan fingerprint density at radius 1 is 1.65 bits per heavy atom. The maximum Gasteiger partial charge on any atom is 0.259 e. The van der Waals surface area contributed by atoms with Gasteiger partial charge in [0.15, 0.2) is 5.03 Å². The van der Waals surface area contributed by atoms with Gasteiger partial charge in [-0.1, -0.05) is 0 Å². The van der Waals surface area contributed by atoms with Crippen LogP contribution in [0.3, 0.4) is 0 Å². The molecule has 17 heavy (non-hydrogen) atoms. The summed E-state index contributed by atoms with van der Waals surface area (Å²) in [6.07, 6.45) is 3.46. The van der Waals surface area contributed by atoms with Gasteiger partial charge in [-0.2, -0.15) is 9.40 Å². The largest absolute Gasteiger partial charge is 0.319 e. The van der Waals surface area contributed by atoms with Gasteiger partial charge in [0.05, 0.1) is 6.20 Å². The lowest BCUT2D eigenvalue weighted by Gasteiger charge is -2.31. The van der Waals surface area contributed by atoms with Crippen molar-refractivity contribution in [1.82, 2.24) is 19.8 Å². The fourth-order valence-corrected chi connectivity index (χ4v) is 3.68. The fourth-order valence-electron chi connectivity index (χ4n) is 2.23. The number of piperidine rings is 1. The van der Waals surface area contributed by atoms with Gasteiger partial charge < -0.3 is 5.32 Å². The molecule has 7 heteroatoms. The van der Waals surface area contributed by atoms with Crippen LogP contribution in [-0.2, 0) is 10.0 Å². The van der Waals surface area contributed by atoms with Crippen LogP contribution in [0.25, 0.3) is 0 Å². The Kier molecular flexibility index (Phi) is 3.80. The average Bonchev–Trinajstić information content (AvgIpc) is 2.84. The van der Waals surface area contributed by atoms with E-state index in [1.807, 2.05) is 7.05 Å². The first kappa shape index (κ1) is 12.5. The summed E-state index contributed by atoms with van der Waals surface area (Å²) in [4.78, 5) is 0. The molecule has 1 aliphatic rings. The van der Waals surface area contributed by atoms with Crippen molar-refractivity contribution in [1.29, 1.82) is 0 Å². The highest BCUT2D eigenvalue weighted by molar-refractivity contribution is 7.89. The van der Waals surface area contributed by atoms with Gasteiger partial charge in [0, 0.05) is 13.1 Å². The number of sulfonamides is 1. The molecule has 0 aliphatic carbocycles. The normalized spacial score (nSPS) is 22.8. The number of H-pyrrole nitrogens is 1. The van der Waals surface area contributed by atoms with Crippen LogP contribution in [0.4, 0.5) is 0 Å². The zero-order chi connectivity index (χ0) is 12.3. The first-order valence-electron chi connectivity index (χ1n) is 5.78. The molecule has 2 heterocycles. The second kappa shape index (κ2) is 5.16. The number of nitrogens with one attached hydrogen (secondary N) is 2. The van der Waals surface area contributed by atoms with E-state index in [0.717, 1.165) is 19.4 Å². The van der Waals surface area contributed by atoms with Gasteiger partial charge in [0.2, 0.25) is 0 Å². The monoisotopic (exact) mass is 258 g/mol. The number of hydrogen-bond donors (Lipinski definition) is 2. The van der Waals surface area contributed by atoms with E-state index in [9.17, 15) is 8.42 Å². The second-order valence-electron chi connectivity index (χ2n) is 4.35. The van der Waals surface area contributed by atoms with E-state index in [4.69, 9.17) is 0 Å². The van der Waals surface area contributed by atoms with Crippen LogP contribution in [0.15, 0.2) is 17.3 Å². The smallest absolute Gasteiger partial charge is 0.259 e. The van der Waals surface area contributed by atoms with Gasteiger partial charge in [0.25, 0.3) is 10.0 Å². The van der Waals surface area contributed by atoms with Crippen molar-refractivity contribution in [2.24, 2.45) is 5.92 Å². The number of rotatable bonds is 4. The summed E-state index contributed by atoms with van der Waals surface area (Å²) in [5, 5.41) is 9.51. The van der Waals surface area contributed by atoms with Gasteiger partial charge in [-0.25, -0.2) is 8.42 Å². The van der Waals surface area contributed by atoms with Crippen LogP contribution in [0.1, 0.15) is 12.8 Å². The minimum Gasteiger partial charge on any atom is -0.319 e. The first-order valence-corrected chi connectivity index (χ1v) is 7.22. The summed E-state index contributed by atoms with van der Waals surface area (Å²) < 4.78 is 26.0. The lowest BCUT2D eigenvalue weighted by molar-refractivity contribution is 0.263. The molecule has 0 amide bonds. The minimum absolute atomic E-state index is 0.183. The Labute approximate surface area is 101 Å². The molecule has 0 aromatic carbocycles. The summed E-state index contributed by atoms with van der Waals surface area (Å²) in [5.41, 5.74) is 0. The van der Waals surface area contributed by atoms with Gasteiger partial charge >= 0.3 is 0 Å². The maximum atomic E-state index is 12.2. The Hall–Kier alpha value is -0.920. The third-order valence-corrected chi connectivity index (χ3v) is 4.86. The molecule has 0 spiro atoms. The van der Waals surface area contributed by atoms with Gasteiger partial charge in [0.1, 0.15) is 0 Å². The molecule has 1 saturated heterocycles. The molecule has 1 aromatic heterocycles. The summed E-state index contributed by atoms with van der Waals surface area (Å²) in [6, 6.07) is 1.50. The molecule has 1 unspecified atom stereocenters. The van der Waals surface area contributed by atoms with Crippen LogP contribution < -0.4 is 5.32 Å². The molecular formula is C10H18N4O2S. The van der Waals surface area contributed by atoms with Crippen molar-refractivity contribution in [3.05, 3.63) is 12.3 Å². The summed E-state index contributed by atoms with van der Waals surface area (Å²) in [5.74, 6) is 0.395. The number of aromatic nitrogens is 2. The molecular weight excluding hydrogens is 240 g/mol. The summed E-state index contributed by atoms with van der Waals surface area (Å²) >= 11 is 0. The summed E-state index contributed by atoms with van der Waals surface area (Å²) in [6.45, 7) is 2.04. The van der Waals surface area contributed by atoms with Crippen molar-refractivity contribution in [3.63, 3.8) is 0 Å². The molecule has 0 saturated carbocycles. The molecule has 2 N–H and O–H groups in total. The van der Waals surface area contributed by atoms with Crippen LogP contribution in [0, 0.1) is 5.92 Å². The van der Waals surface area contributed by atoms with E-state index in [0.29, 0.717) is 19.0 Å². The Morgan fingerprint density at radius 2 is 2.47 bits per heavy atom. The van der Waals surface area contributed by atoms with E-state index in [-0.39, 0.29) is 5.03 Å². The average molecular weight is 258 g/mol. The van der Waals surface area contributed by atoms with Crippen LogP contribution in [0.2, 0.25) is 0 Å². The van der Waals surface area contributed by atoms with Crippen molar-refractivity contribution in [3.8, 4) is 0 Å². The highest BCUT2D eigenvalue weighted by Gasteiger charge is 2.30. The predicted octanol–water partition coefficient (Wildman–Crippen LogP) is 0.0298. The third-order valence-electron chi connectivity index (χ3n) is 3.07. The topological polar surface area (TPSA) is 78.1 Å². The van der Waals surface area contributed by atoms with Gasteiger partial charge in [-0.05, 0) is 38.4 Å². The maximum absolute atomic E-state index is 12.2. The Morgan fingerprint density at radius 3 is 3.12 bits per heavy atom. The van der Waals surface area contributed by atoms with E-state index in [1.54, 1.807) is 4.31 Å². The van der Waals surface area contributed by atoms with Gasteiger partial charge in [-0.3, -0.25) is 5.10 Å². The molecule has 1 aliphatic heterocycles. The molecule has 6 nitrogen and oxygen atoms in total. The zero-order valence-corrected chi connectivity index (χ0v) is 10.7. The van der Waals surface area contributed by atoms with Crippen LogP contribution in [0.5, 0.6) is 0 Å². The third kappa shape index (κ3) is 2.67. The molecule has 1 atom stereocenters. The van der Waals surface area contributed by atoms with E-state index < -0.39 is 10.0 Å². The molecule has 2 rings (SSSR count). The number of hydrogen-bond acceptors (Lipinski definition) is 4. The van der Waals surface area contributed by atoms with Crippen LogP contribution in [-0.4, -0.2) is 49.6 Å². The highest BCUT2D eigenvalue weighted by Crippen LogP contribution is 2.21. The molecule has 96 valence electrons. The quantitative estimate of drug-likeness (QED) is 0.798. The van der Waals surface area contributed by atoms with Crippen molar-refractivity contribution in [2.45, 2.75) is 17.9 Å². The second-order valence-corrected chi connectivity index (χ2v) is 6.26. The van der Waals surface area contributed by atoms with E-state index in [2.05, 4.69) is 15.5 Å². The van der Waals surface area contributed by atoms with E-state index in [1.165, 1.54) is 12.3 Å². The van der Waals surface area contributed by atoms with E-state index >= 15 is 0 Å². The predicted molar refractivity (Wildman–Crippen MR) is 64.0 cm³/mol. The SMILES string of the molecule is CNCC1CCCN(S(=O)(=O)c2ccn[nH]2)C1. The molecule has 1 fully saturated rings. The Bertz CT molecular complexity index is 441. The lowest BCUT2D eigenvalue weighted by Crippen LogP contribution is -2.42. The number of aromatic amines is 1. The van der Waals surface area contributed by atoms with Crippen molar-refractivity contribution in [2.75, 3.05) is 26.7 Å². The minimum atomic E-state index is -3.38. The Balaban J connectivity index is 2.12. The fraction of sp³-hybridized carbons (Fsp3) is 0.700. The van der Waals surface area contributed by atoms with Crippen LogP contribution >= 0.6 is 0 Å². The zero-order valence-electron chi connectivity index (χ0n) is 9.89. The lowest BCUT2D eigenvalue weighted by atomic mass is 10.00. The first-order chi connectivity index (χ1) is 8.14. The van der Waals surface area contributed by atoms with Gasteiger partial charge in [-0.15, -0.1) is 0 Å². The highest BCUT2D eigenvalue weighted by atomic mass is 32.2. The van der Waals surface area contributed by atoms with Crippen molar-refractivity contribution >= 4 is 10.0 Å². The molecule has 0 bridgehead atoms. The standard InChI is InChI=1S/C10H18N4O2S/c1-11-7-9-3-2-6-14(8-9)17(15,16)10-4-5-12-13-10/h4-5,9,11H,2-3,6-8H2,1H3,(H,12,13).